The molecule has 30 heavy (non-hydrogen) atoms. The summed E-state index contributed by atoms with van der Waals surface area (Å²) in [5, 5.41) is 17.8. The summed E-state index contributed by atoms with van der Waals surface area (Å²) in [6.45, 7) is 9.12. The molecule has 6 heteroatoms. The van der Waals surface area contributed by atoms with Crippen molar-refractivity contribution in [2.24, 2.45) is 28.6 Å². The van der Waals surface area contributed by atoms with Crippen LogP contribution in [0.1, 0.15) is 85.5 Å². The van der Waals surface area contributed by atoms with Crippen molar-refractivity contribution in [3.05, 3.63) is 11.6 Å². The highest BCUT2D eigenvalue weighted by Crippen LogP contribution is 2.60. The molecule has 170 valence electrons. The quantitative estimate of drug-likeness (QED) is 0.377. The second-order valence-corrected chi connectivity index (χ2v) is 10.1. The standard InChI is InChI=1S/C24H38O6/c1-16(14-21(27)28)6-8-18-17(2)7-9-19-23(3,12-5-13-24(18,19)4)15-30-22(29)11-10-20(25)26/h7,16,18-19H,5-6,8-15H2,1-4H3,(H,25,26)(H,27,28)/t16-,18-,19-,23-,24+/m0/s1. The first-order valence-corrected chi connectivity index (χ1v) is 11.2. The van der Waals surface area contributed by atoms with Gasteiger partial charge < -0.3 is 14.9 Å². The molecule has 0 aromatic rings. The van der Waals surface area contributed by atoms with Gasteiger partial charge >= 0.3 is 17.9 Å². The summed E-state index contributed by atoms with van der Waals surface area (Å²) in [7, 11) is 0. The monoisotopic (exact) mass is 422 g/mol. The average Bonchev–Trinajstić information content (AvgIpc) is 2.63. The van der Waals surface area contributed by atoms with Gasteiger partial charge in [0.25, 0.3) is 0 Å². The zero-order valence-corrected chi connectivity index (χ0v) is 18.9. The van der Waals surface area contributed by atoms with Crippen LogP contribution in [0, 0.1) is 28.6 Å². The highest BCUT2D eigenvalue weighted by molar-refractivity contribution is 5.76. The van der Waals surface area contributed by atoms with Gasteiger partial charge in [-0.1, -0.05) is 38.8 Å². The number of carbonyl (C=O) groups excluding carboxylic acids is 1. The van der Waals surface area contributed by atoms with Gasteiger partial charge in [0.15, 0.2) is 0 Å². The van der Waals surface area contributed by atoms with E-state index in [1.54, 1.807) is 0 Å². The maximum absolute atomic E-state index is 12.0. The van der Waals surface area contributed by atoms with Crippen LogP contribution in [-0.2, 0) is 19.1 Å². The lowest BCUT2D eigenvalue weighted by Crippen LogP contribution is -2.51. The Morgan fingerprint density at radius 2 is 1.87 bits per heavy atom. The first kappa shape index (κ1) is 24.4. The van der Waals surface area contributed by atoms with E-state index in [1.807, 2.05) is 6.92 Å². The van der Waals surface area contributed by atoms with Crippen molar-refractivity contribution >= 4 is 17.9 Å². The molecule has 0 aliphatic heterocycles. The fourth-order valence-corrected chi connectivity index (χ4v) is 6.06. The predicted molar refractivity (Wildman–Crippen MR) is 114 cm³/mol. The summed E-state index contributed by atoms with van der Waals surface area (Å²) in [5.74, 6) is -1.21. The average molecular weight is 423 g/mol. The van der Waals surface area contributed by atoms with E-state index in [4.69, 9.17) is 14.9 Å². The van der Waals surface area contributed by atoms with E-state index in [0.29, 0.717) is 18.4 Å². The van der Waals surface area contributed by atoms with Crippen molar-refractivity contribution in [1.82, 2.24) is 0 Å². The molecule has 0 spiro atoms. The van der Waals surface area contributed by atoms with Crippen molar-refractivity contribution in [2.45, 2.75) is 85.5 Å². The van der Waals surface area contributed by atoms with Crippen LogP contribution >= 0.6 is 0 Å². The highest BCUT2D eigenvalue weighted by atomic mass is 16.5. The van der Waals surface area contributed by atoms with Gasteiger partial charge in [0.05, 0.1) is 19.4 Å². The van der Waals surface area contributed by atoms with Crippen LogP contribution in [0.4, 0.5) is 0 Å². The third kappa shape index (κ3) is 5.86. The molecule has 0 radical (unpaired) electrons. The molecule has 2 aliphatic rings. The van der Waals surface area contributed by atoms with Crippen LogP contribution in [0.5, 0.6) is 0 Å². The summed E-state index contributed by atoms with van der Waals surface area (Å²) in [4.78, 5) is 33.7. The number of carbonyl (C=O) groups is 3. The number of ether oxygens (including phenoxy) is 1. The molecular weight excluding hydrogens is 384 g/mol. The van der Waals surface area contributed by atoms with Crippen LogP contribution in [0.15, 0.2) is 11.6 Å². The number of hydrogen-bond acceptors (Lipinski definition) is 4. The lowest BCUT2D eigenvalue weighted by atomic mass is 9.48. The second kappa shape index (κ2) is 9.97. The minimum absolute atomic E-state index is 0.0869. The van der Waals surface area contributed by atoms with Gasteiger partial charge in [-0.2, -0.15) is 0 Å². The molecule has 0 unspecified atom stereocenters. The Kier molecular flexibility index (Phi) is 8.12. The first-order valence-electron chi connectivity index (χ1n) is 11.2. The van der Waals surface area contributed by atoms with Crippen molar-refractivity contribution < 1.29 is 29.3 Å². The van der Waals surface area contributed by atoms with Gasteiger partial charge in [0.2, 0.25) is 0 Å². The lowest BCUT2D eigenvalue weighted by Gasteiger charge is -2.57. The number of fused-ring (bicyclic) bond motifs is 1. The zero-order valence-electron chi connectivity index (χ0n) is 18.9. The molecule has 0 aromatic heterocycles. The van der Waals surface area contributed by atoms with E-state index < -0.39 is 17.9 Å². The minimum atomic E-state index is -0.990. The topological polar surface area (TPSA) is 101 Å². The molecule has 2 N–H and O–H groups in total. The molecule has 2 rings (SSSR count). The fourth-order valence-electron chi connectivity index (χ4n) is 6.06. The molecule has 0 bridgehead atoms. The number of carboxylic acids is 2. The molecule has 0 amide bonds. The molecule has 1 saturated carbocycles. The number of allylic oxidation sites excluding steroid dienone is 2. The Morgan fingerprint density at radius 1 is 1.17 bits per heavy atom. The number of esters is 1. The van der Waals surface area contributed by atoms with E-state index in [9.17, 15) is 14.4 Å². The van der Waals surface area contributed by atoms with E-state index in [2.05, 4.69) is 26.8 Å². The van der Waals surface area contributed by atoms with Crippen LogP contribution in [0.25, 0.3) is 0 Å². The fraction of sp³-hybridized carbons (Fsp3) is 0.792. The maximum atomic E-state index is 12.0. The third-order valence-corrected chi connectivity index (χ3v) is 7.70. The van der Waals surface area contributed by atoms with E-state index in [-0.39, 0.29) is 36.0 Å². The zero-order chi connectivity index (χ0) is 22.5. The summed E-state index contributed by atoms with van der Waals surface area (Å²) >= 11 is 0. The normalized spacial score (nSPS) is 31.9. The summed E-state index contributed by atoms with van der Waals surface area (Å²) in [6.07, 6.45) is 8.29. The highest BCUT2D eigenvalue weighted by Gasteiger charge is 2.53. The smallest absolute Gasteiger partial charge is 0.306 e. The summed E-state index contributed by atoms with van der Waals surface area (Å²) < 4.78 is 5.54. The van der Waals surface area contributed by atoms with E-state index >= 15 is 0 Å². The Labute approximate surface area is 180 Å². The Morgan fingerprint density at radius 3 is 2.50 bits per heavy atom. The van der Waals surface area contributed by atoms with Crippen LogP contribution in [0.3, 0.4) is 0 Å². The second-order valence-electron chi connectivity index (χ2n) is 10.1. The summed E-state index contributed by atoms with van der Waals surface area (Å²) in [5.41, 5.74) is 1.37. The minimum Gasteiger partial charge on any atom is -0.481 e. The molecule has 0 heterocycles. The molecule has 6 nitrogen and oxygen atoms in total. The molecule has 0 aromatic carbocycles. The van der Waals surface area contributed by atoms with Gasteiger partial charge in [0.1, 0.15) is 0 Å². The number of hydrogen-bond donors (Lipinski definition) is 2. The maximum Gasteiger partial charge on any atom is 0.306 e. The van der Waals surface area contributed by atoms with Gasteiger partial charge in [-0.25, -0.2) is 0 Å². The Bertz CT molecular complexity index is 683. The predicted octanol–water partition coefficient (Wildman–Crippen LogP) is 5.06. The van der Waals surface area contributed by atoms with Crippen molar-refractivity contribution in [2.75, 3.05) is 6.61 Å². The Hall–Kier alpha value is -1.85. The van der Waals surface area contributed by atoms with Crippen LogP contribution in [-0.4, -0.2) is 34.7 Å². The van der Waals surface area contributed by atoms with Gasteiger partial charge in [-0.3, -0.25) is 14.4 Å². The van der Waals surface area contributed by atoms with Crippen molar-refractivity contribution in [1.29, 1.82) is 0 Å². The lowest BCUT2D eigenvalue weighted by molar-refractivity contribution is -0.156. The largest absolute Gasteiger partial charge is 0.481 e. The van der Waals surface area contributed by atoms with Gasteiger partial charge in [-0.15, -0.1) is 0 Å². The summed E-state index contributed by atoms with van der Waals surface area (Å²) in [6, 6.07) is 0. The number of aliphatic carboxylic acids is 2. The molecule has 5 atom stereocenters. The van der Waals surface area contributed by atoms with Crippen molar-refractivity contribution in [3.63, 3.8) is 0 Å². The van der Waals surface area contributed by atoms with Crippen molar-refractivity contribution in [3.8, 4) is 0 Å². The molecule has 1 fully saturated rings. The number of rotatable bonds is 10. The number of carboxylic acid groups (broad SMARTS) is 2. The van der Waals surface area contributed by atoms with Crippen LogP contribution in [0.2, 0.25) is 0 Å². The first-order chi connectivity index (χ1) is 14.0. The third-order valence-electron chi connectivity index (χ3n) is 7.70. The SMILES string of the molecule is CC1=CC[C@H]2[C@](C)(COC(=O)CCC(=O)O)CCC[C@]2(C)[C@H]1CC[C@H](C)CC(=O)O. The van der Waals surface area contributed by atoms with Gasteiger partial charge in [0, 0.05) is 11.8 Å². The van der Waals surface area contributed by atoms with E-state index in [0.717, 1.165) is 38.5 Å². The Balaban J connectivity index is 2.09. The van der Waals surface area contributed by atoms with Gasteiger partial charge in [-0.05, 0) is 62.2 Å². The molecular formula is C24H38O6. The molecule has 2 aliphatic carbocycles. The van der Waals surface area contributed by atoms with E-state index in [1.165, 1.54) is 5.57 Å². The molecule has 0 saturated heterocycles. The van der Waals surface area contributed by atoms with Crippen LogP contribution < -0.4 is 0 Å².